The van der Waals surface area contributed by atoms with Crippen LogP contribution in [0.15, 0.2) is 48.8 Å². The van der Waals surface area contributed by atoms with Gasteiger partial charge in [0.05, 0.1) is 25.2 Å². The van der Waals surface area contributed by atoms with E-state index in [4.69, 9.17) is 4.74 Å². The number of likely N-dealkylation sites (tertiary alicyclic amines) is 1. The minimum atomic E-state index is -0.285. The maximum atomic E-state index is 13.2. The molecule has 1 atom stereocenters. The molecule has 2 aliphatic rings. The average Bonchev–Trinajstić information content (AvgIpc) is 3.29. The molecule has 2 amide bonds. The van der Waals surface area contributed by atoms with Crippen LogP contribution in [0.25, 0.3) is 0 Å². The summed E-state index contributed by atoms with van der Waals surface area (Å²) in [4.78, 5) is 32.2. The number of amides is 2. The lowest BCUT2D eigenvalue weighted by Gasteiger charge is -2.31. The highest BCUT2D eigenvalue weighted by atomic mass is 19.1. The monoisotopic (exact) mass is 476 g/mol. The fourth-order valence-corrected chi connectivity index (χ4v) is 4.87. The van der Waals surface area contributed by atoms with Crippen LogP contribution in [0.5, 0.6) is 0 Å². The van der Waals surface area contributed by atoms with Gasteiger partial charge in [-0.2, -0.15) is 0 Å². The first-order chi connectivity index (χ1) is 16.9. The molecule has 0 saturated carbocycles. The number of hydrogen-bond donors (Lipinski definition) is 1. The standard InChI is InChI=1S/C27H29FN4O3/c1-17-3-8-22(18(2)13-17)30-26(33)20-9-11-31(12-10-20)27(34)25-23-15-35-24(14-32(23)16-29-25)19-4-6-21(28)7-5-19/h3-8,13,16,20,24H,9-12,14-15H2,1-2H3,(H,30,33). The zero-order valence-electron chi connectivity index (χ0n) is 20.0. The molecule has 3 heterocycles. The molecule has 5 rings (SSSR count). The van der Waals surface area contributed by atoms with E-state index in [1.807, 2.05) is 36.6 Å². The Morgan fingerprint density at radius 3 is 2.54 bits per heavy atom. The van der Waals surface area contributed by atoms with E-state index in [0.29, 0.717) is 38.2 Å². The number of halogens is 1. The fraction of sp³-hybridized carbons (Fsp3) is 0.370. The van der Waals surface area contributed by atoms with E-state index in [2.05, 4.69) is 10.3 Å². The van der Waals surface area contributed by atoms with Crippen LogP contribution < -0.4 is 5.32 Å². The molecule has 0 radical (unpaired) electrons. The molecule has 1 unspecified atom stereocenters. The maximum Gasteiger partial charge on any atom is 0.274 e. The zero-order valence-corrected chi connectivity index (χ0v) is 20.0. The molecule has 182 valence electrons. The van der Waals surface area contributed by atoms with Gasteiger partial charge in [-0.25, -0.2) is 9.37 Å². The summed E-state index contributed by atoms with van der Waals surface area (Å²) < 4.78 is 21.2. The van der Waals surface area contributed by atoms with Crippen molar-refractivity contribution in [1.82, 2.24) is 14.5 Å². The quantitative estimate of drug-likeness (QED) is 0.606. The van der Waals surface area contributed by atoms with Crippen molar-refractivity contribution < 1.29 is 18.7 Å². The maximum absolute atomic E-state index is 13.2. The summed E-state index contributed by atoms with van der Waals surface area (Å²) in [6, 6.07) is 12.2. The second-order valence-corrected chi connectivity index (χ2v) is 9.42. The summed E-state index contributed by atoms with van der Waals surface area (Å²) in [5.74, 6) is -0.540. The van der Waals surface area contributed by atoms with Crippen molar-refractivity contribution in [1.29, 1.82) is 0 Å². The number of rotatable bonds is 4. The lowest BCUT2D eigenvalue weighted by Crippen LogP contribution is -2.42. The van der Waals surface area contributed by atoms with Crippen LogP contribution in [-0.4, -0.2) is 39.4 Å². The molecular weight excluding hydrogens is 447 g/mol. The minimum Gasteiger partial charge on any atom is -0.365 e. The first-order valence-electron chi connectivity index (χ1n) is 12.0. The molecule has 35 heavy (non-hydrogen) atoms. The Labute approximate surface area is 203 Å². The van der Waals surface area contributed by atoms with Gasteiger partial charge in [0.2, 0.25) is 5.91 Å². The molecule has 1 aromatic heterocycles. The number of ether oxygens (including phenoxy) is 1. The van der Waals surface area contributed by atoms with Crippen molar-refractivity contribution in [2.75, 3.05) is 18.4 Å². The predicted molar refractivity (Wildman–Crippen MR) is 129 cm³/mol. The molecule has 0 bridgehead atoms. The van der Waals surface area contributed by atoms with Crippen molar-refractivity contribution in [2.45, 2.75) is 45.9 Å². The summed E-state index contributed by atoms with van der Waals surface area (Å²) in [5, 5.41) is 3.04. The third-order valence-electron chi connectivity index (χ3n) is 6.97. The number of benzene rings is 2. The highest BCUT2D eigenvalue weighted by Gasteiger charge is 2.32. The average molecular weight is 477 g/mol. The number of aromatic nitrogens is 2. The van der Waals surface area contributed by atoms with Crippen LogP contribution in [0.1, 0.15) is 51.8 Å². The fourth-order valence-electron chi connectivity index (χ4n) is 4.87. The van der Waals surface area contributed by atoms with Crippen LogP contribution in [0.2, 0.25) is 0 Å². The zero-order chi connectivity index (χ0) is 24.5. The Kier molecular flexibility index (Phi) is 6.38. The van der Waals surface area contributed by atoms with Crippen molar-refractivity contribution in [3.05, 3.63) is 82.7 Å². The highest BCUT2D eigenvalue weighted by Crippen LogP contribution is 2.29. The van der Waals surface area contributed by atoms with Gasteiger partial charge in [0.15, 0.2) is 5.69 Å². The van der Waals surface area contributed by atoms with Crippen molar-refractivity contribution in [3.63, 3.8) is 0 Å². The molecule has 0 aliphatic carbocycles. The summed E-state index contributed by atoms with van der Waals surface area (Å²) in [6.07, 6.45) is 2.68. The van der Waals surface area contributed by atoms with Gasteiger partial charge in [-0.05, 0) is 56.0 Å². The molecule has 0 spiro atoms. The molecule has 2 aromatic carbocycles. The molecule has 1 N–H and O–H groups in total. The lowest BCUT2D eigenvalue weighted by molar-refractivity contribution is -0.121. The molecule has 2 aliphatic heterocycles. The Morgan fingerprint density at radius 2 is 1.83 bits per heavy atom. The van der Waals surface area contributed by atoms with Crippen LogP contribution >= 0.6 is 0 Å². The lowest BCUT2D eigenvalue weighted by atomic mass is 9.95. The Hall–Kier alpha value is -3.52. The van der Waals surface area contributed by atoms with E-state index >= 15 is 0 Å². The normalized spacial score (nSPS) is 18.3. The molecule has 8 heteroatoms. The second kappa shape index (κ2) is 9.62. The first-order valence-corrected chi connectivity index (χ1v) is 12.0. The number of fused-ring (bicyclic) bond motifs is 1. The van der Waals surface area contributed by atoms with E-state index < -0.39 is 0 Å². The molecule has 1 fully saturated rings. The van der Waals surface area contributed by atoms with E-state index in [1.165, 1.54) is 12.1 Å². The Bertz CT molecular complexity index is 1250. The van der Waals surface area contributed by atoms with Crippen LogP contribution in [0, 0.1) is 25.6 Å². The van der Waals surface area contributed by atoms with Crippen molar-refractivity contribution in [3.8, 4) is 0 Å². The van der Waals surface area contributed by atoms with Gasteiger partial charge in [0.1, 0.15) is 11.9 Å². The SMILES string of the molecule is Cc1ccc(NC(=O)C2CCN(C(=O)c3ncn4c3COC(c3ccc(F)cc3)C4)CC2)c(C)c1. The third-order valence-corrected chi connectivity index (χ3v) is 6.97. The van der Waals surface area contributed by atoms with Gasteiger partial charge in [-0.15, -0.1) is 0 Å². The van der Waals surface area contributed by atoms with Gasteiger partial charge >= 0.3 is 0 Å². The highest BCUT2D eigenvalue weighted by molar-refractivity contribution is 5.95. The summed E-state index contributed by atoms with van der Waals surface area (Å²) in [6.45, 7) is 5.81. The predicted octanol–water partition coefficient (Wildman–Crippen LogP) is 4.40. The van der Waals surface area contributed by atoms with Gasteiger partial charge < -0.3 is 19.5 Å². The number of piperidine rings is 1. The number of anilines is 1. The summed E-state index contributed by atoms with van der Waals surface area (Å²) >= 11 is 0. The first kappa shape index (κ1) is 23.2. The van der Waals surface area contributed by atoms with E-state index in [9.17, 15) is 14.0 Å². The van der Waals surface area contributed by atoms with Gasteiger partial charge in [-0.3, -0.25) is 9.59 Å². The van der Waals surface area contributed by atoms with Crippen LogP contribution in [0.3, 0.4) is 0 Å². The van der Waals surface area contributed by atoms with Crippen LogP contribution in [-0.2, 0) is 22.7 Å². The number of hydrogen-bond acceptors (Lipinski definition) is 4. The number of nitrogens with zero attached hydrogens (tertiary/aromatic N) is 3. The largest absolute Gasteiger partial charge is 0.365 e. The van der Waals surface area contributed by atoms with Crippen LogP contribution in [0.4, 0.5) is 10.1 Å². The molecule has 1 saturated heterocycles. The van der Waals surface area contributed by atoms with E-state index in [-0.39, 0.29) is 36.3 Å². The topological polar surface area (TPSA) is 76.5 Å². The molecular formula is C27H29FN4O3. The van der Waals surface area contributed by atoms with Crippen molar-refractivity contribution in [2.24, 2.45) is 5.92 Å². The molecule has 3 aromatic rings. The van der Waals surface area contributed by atoms with Gasteiger partial charge in [0, 0.05) is 24.7 Å². The number of carbonyl (C=O) groups is 2. The van der Waals surface area contributed by atoms with E-state index in [0.717, 1.165) is 28.1 Å². The number of imidazole rings is 1. The van der Waals surface area contributed by atoms with Gasteiger partial charge in [0.25, 0.3) is 5.91 Å². The number of carbonyl (C=O) groups excluding carboxylic acids is 2. The number of nitrogens with one attached hydrogen (secondary N) is 1. The van der Waals surface area contributed by atoms with Gasteiger partial charge in [-0.1, -0.05) is 29.8 Å². The number of aryl methyl sites for hydroxylation is 2. The molecule has 7 nitrogen and oxygen atoms in total. The Morgan fingerprint density at radius 1 is 1.09 bits per heavy atom. The van der Waals surface area contributed by atoms with E-state index in [1.54, 1.807) is 23.4 Å². The Balaban J connectivity index is 1.19. The summed E-state index contributed by atoms with van der Waals surface area (Å²) in [7, 11) is 0. The smallest absolute Gasteiger partial charge is 0.274 e. The second-order valence-electron chi connectivity index (χ2n) is 9.42. The third kappa shape index (κ3) is 4.84. The summed E-state index contributed by atoms with van der Waals surface area (Å²) in [5.41, 5.74) is 5.08. The minimum absolute atomic E-state index is 0.00339. The van der Waals surface area contributed by atoms with Crippen molar-refractivity contribution >= 4 is 17.5 Å².